The molecule has 1 saturated carbocycles. The van der Waals surface area contributed by atoms with Crippen molar-refractivity contribution < 1.29 is 22.2 Å². The maximum atomic E-state index is 13.4. The van der Waals surface area contributed by atoms with Crippen LogP contribution in [0, 0.1) is 18.3 Å². The molecule has 0 unspecified atom stereocenters. The highest BCUT2D eigenvalue weighted by Gasteiger charge is 2.34. The Balaban J connectivity index is 0.000000500. The van der Waals surface area contributed by atoms with Gasteiger partial charge in [-0.1, -0.05) is 5.92 Å². The summed E-state index contributed by atoms with van der Waals surface area (Å²) in [6.45, 7) is 1.21. The third-order valence-electron chi connectivity index (χ3n) is 4.76. The molecule has 2 aliphatic rings. The van der Waals surface area contributed by atoms with Crippen molar-refractivity contribution in [1.82, 2.24) is 25.0 Å². The molecule has 1 aliphatic carbocycles. The third kappa shape index (κ3) is 7.53. The van der Waals surface area contributed by atoms with E-state index in [-0.39, 0.29) is 25.4 Å². The van der Waals surface area contributed by atoms with E-state index in [0.717, 1.165) is 25.8 Å². The molecule has 2 fully saturated rings. The summed E-state index contributed by atoms with van der Waals surface area (Å²) in [4.78, 5) is 17.7. The average Bonchev–Trinajstić information content (AvgIpc) is 3.32. The quantitative estimate of drug-likeness (QED) is 0.518. The minimum atomic E-state index is -3.67. The molecule has 2 N–H and O–H groups in total. The Morgan fingerprint density at radius 3 is 2.75 bits per heavy atom. The summed E-state index contributed by atoms with van der Waals surface area (Å²) in [5.74, 6) is 2.95. The van der Waals surface area contributed by atoms with Crippen LogP contribution in [0.5, 0.6) is 0 Å². The number of carbonyl (C=O) groups excluding carboxylic acids is 1. The number of nitrogens with one attached hydrogen (secondary N) is 1. The maximum Gasteiger partial charge on any atom is 0.261 e. The van der Waals surface area contributed by atoms with Crippen molar-refractivity contribution in [2.24, 2.45) is 5.92 Å². The summed E-state index contributed by atoms with van der Waals surface area (Å²) in [6.07, 6.45) is 11.8. The summed E-state index contributed by atoms with van der Waals surface area (Å²) < 4.78 is 41.1. The van der Waals surface area contributed by atoms with E-state index >= 15 is 0 Å². The summed E-state index contributed by atoms with van der Waals surface area (Å²) in [6, 6.07) is -0.0801. The van der Waals surface area contributed by atoms with Gasteiger partial charge in [0.25, 0.3) is 10.1 Å². The Kier molecular flexibility index (Phi) is 7.91. The second kappa shape index (κ2) is 9.95. The van der Waals surface area contributed by atoms with Gasteiger partial charge in [-0.15, -0.1) is 6.42 Å². The fourth-order valence-corrected chi connectivity index (χ4v) is 3.57. The van der Waals surface area contributed by atoms with Crippen molar-refractivity contribution in [2.45, 2.75) is 50.5 Å². The van der Waals surface area contributed by atoms with Crippen LogP contribution in [0.2, 0.25) is 0 Å². The molecule has 2 heterocycles. The van der Waals surface area contributed by atoms with E-state index in [9.17, 15) is 17.6 Å². The van der Waals surface area contributed by atoms with Gasteiger partial charge in [0.2, 0.25) is 5.91 Å². The summed E-state index contributed by atoms with van der Waals surface area (Å²) in [5, 5.41) is 7.43. The second-order valence-electron chi connectivity index (χ2n) is 7.17. The van der Waals surface area contributed by atoms with Crippen LogP contribution in [0.1, 0.15) is 25.7 Å². The molecule has 1 amide bonds. The van der Waals surface area contributed by atoms with Crippen LogP contribution in [0.25, 0.3) is 0 Å². The van der Waals surface area contributed by atoms with E-state index in [2.05, 4.69) is 21.3 Å². The number of nitrogens with zero attached hydrogens (tertiary/aromatic N) is 4. The molecule has 1 aliphatic heterocycles. The van der Waals surface area contributed by atoms with Gasteiger partial charge in [-0.3, -0.25) is 14.0 Å². The Labute approximate surface area is 164 Å². The molecule has 1 saturated heterocycles. The number of amides is 1. The topological polar surface area (TPSA) is 117 Å². The monoisotopic (exact) mass is 415 g/mol. The Bertz CT molecular complexity index is 772. The van der Waals surface area contributed by atoms with E-state index in [1.54, 1.807) is 12.7 Å². The minimum absolute atomic E-state index is 0.104. The van der Waals surface area contributed by atoms with Crippen LogP contribution in [-0.4, -0.2) is 76.1 Å². The van der Waals surface area contributed by atoms with E-state index in [1.165, 1.54) is 4.90 Å². The number of likely N-dealkylation sites (tertiary alicyclic amines) is 1. The fourth-order valence-electron chi connectivity index (χ4n) is 3.57. The number of terminal acetylenes is 1. The Morgan fingerprint density at radius 1 is 1.43 bits per heavy atom. The molecule has 0 radical (unpaired) electrons. The fraction of sp³-hybridized carbons (Fsp3) is 0.706. The van der Waals surface area contributed by atoms with Crippen molar-refractivity contribution in [2.75, 3.05) is 19.3 Å². The average molecular weight is 415 g/mol. The van der Waals surface area contributed by atoms with Crippen molar-refractivity contribution >= 4 is 16.0 Å². The smallest absolute Gasteiger partial charge is 0.261 e. The van der Waals surface area contributed by atoms with Crippen LogP contribution in [0.3, 0.4) is 0 Å². The van der Waals surface area contributed by atoms with Crippen molar-refractivity contribution in [1.29, 1.82) is 0 Å². The normalized spacial score (nSPS) is 27.1. The van der Waals surface area contributed by atoms with E-state index in [4.69, 9.17) is 11.0 Å². The first-order chi connectivity index (χ1) is 13.2. The van der Waals surface area contributed by atoms with Crippen molar-refractivity contribution in [3.63, 3.8) is 0 Å². The van der Waals surface area contributed by atoms with Gasteiger partial charge in [0.15, 0.2) is 0 Å². The van der Waals surface area contributed by atoms with Crippen molar-refractivity contribution in [3.8, 4) is 12.3 Å². The molecule has 9 nitrogen and oxygen atoms in total. The Hall–Kier alpha value is -2.03. The molecule has 0 spiro atoms. The molecule has 4 atom stereocenters. The van der Waals surface area contributed by atoms with Crippen LogP contribution < -0.4 is 5.32 Å². The molecule has 1 aromatic heterocycles. The lowest BCUT2D eigenvalue weighted by atomic mass is 10.1. The van der Waals surface area contributed by atoms with Gasteiger partial charge < -0.3 is 10.2 Å². The van der Waals surface area contributed by atoms with E-state index in [1.807, 2.05) is 4.68 Å². The summed E-state index contributed by atoms with van der Waals surface area (Å²) >= 11 is 0. The number of alkyl halides is 1. The molecule has 11 heteroatoms. The highest BCUT2D eigenvalue weighted by atomic mass is 32.2. The lowest BCUT2D eigenvalue weighted by Gasteiger charge is -2.22. The lowest BCUT2D eigenvalue weighted by molar-refractivity contribution is -0.130. The van der Waals surface area contributed by atoms with Gasteiger partial charge in [-0.25, -0.2) is 9.37 Å². The molecule has 0 aromatic carbocycles. The molecule has 3 rings (SSSR count). The predicted octanol–water partition coefficient (Wildman–Crippen LogP) is 0.113. The van der Waals surface area contributed by atoms with E-state index < -0.39 is 22.3 Å². The molecule has 0 bridgehead atoms. The number of rotatable bonds is 5. The number of hydrogen-bond acceptors (Lipinski definition) is 6. The minimum Gasteiger partial charge on any atom is -0.325 e. The summed E-state index contributed by atoms with van der Waals surface area (Å²) in [5.41, 5.74) is 0. The van der Waals surface area contributed by atoms with Gasteiger partial charge in [0.1, 0.15) is 18.8 Å². The number of hydrogen-bond donors (Lipinski definition) is 2. The highest BCUT2D eigenvalue weighted by molar-refractivity contribution is 7.85. The standard InChI is InChI=1S/C16H22FN5O.CH4O3S/c1-2-15-6-13(17)9-22(15)16(23)7-19-14-4-3-12(5-14)8-21-11-18-10-20-21;1-5(2,3)4/h1,10-15,19H,3-9H2;1H3,(H,2,3,4)/t12-,13-,14+,15+;/m0./s1. The first-order valence-corrected chi connectivity index (χ1v) is 10.9. The number of aromatic nitrogens is 3. The van der Waals surface area contributed by atoms with Gasteiger partial charge in [-0.05, 0) is 25.2 Å². The predicted molar refractivity (Wildman–Crippen MR) is 100 cm³/mol. The number of halogens is 1. The molecule has 28 heavy (non-hydrogen) atoms. The van der Waals surface area contributed by atoms with Gasteiger partial charge in [0, 0.05) is 19.0 Å². The van der Waals surface area contributed by atoms with Crippen LogP contribution >= 0.6 is 0 Å². The zero-order valence-electron chi connectivity index (χ0n) is 15.7. The maximum absolute atomic E-state index is 13.4. The largest absolute Gasteiger partial charge is 0.325 e. The zero-order valence-corrected chi connectivity index (χ0v) is 16.6. The third-order valence-corrected chi connectivity index (χ3v) is 4.76. The zero-order chi connectivity index (χ0) is 20.7. The highest BCUT2D eigenvalue weighted by Crippen LogP contribution is 2.27. The summed E-state index contributed by atoms with van der Waals surface area (Å²) in [7, 11) is -3.67. The second-order valence-corrected chi connectivity index (χ2v) is 8.64. The Morgan fingerprint density at radius 2 is 2.14 bits per heavy atom. The molecular formula is C17H26FN5O4S. The lowest BCUT2D eigenvalue weighted by Crippen LogP contribution is -2.43. The molecule has 1 aromatic rings. The van der Waals surface area contributed by atoms with Crippen LogP contribution in [0.15, 0.2) is 12.7 Å². The SMILES string of the molecule is C#C[C@@H]1C[C@H](F)CN1C(=O)CN[C@@H]1CC[C@H](Cn2cncn2)C1.CS(=O)(=O)O. The van der Waals surface area contributed by atoms with Gasteiger partial charge >= 0.3 is 0 Å². The van der Waals surface area contributed by atoms with Crippen LogP contribution in [0.4, 0.5) is 4.39 Å². The van der Waals surface area contributed by atoms with Crippen LogP contribution in [-0.2, 0) is 21.5 Å². The van der Waals surface area contributed by atoms with Crippen molar-refractivity contribution in [3.05, 3.63) is 12.7 Å². The number of carbonyl (C=O) groups is 1. The molecular weight excluding hydrogens is 389 g/mol. The molecule has 156 valence electrons. The van der Waals surface area contributed by atoms with Gasteiger partial charge in [-0.2, -0.15) is 13.5 Å². The first kappa shape index (κ1) is 22.3. The van der Waals surface area contributed by atoms with E-state index in [0.29, 0.717) is 18.2 Å². The van der Waals surface area contributed by atoms with Gasteiger partial charge in [0.05, 0.1) is 25.4 Å². The first-order valence-electron chi connectivity index (χ1n) is 9.03.